The van der Waals surface area contributed by atoms with Crippen molar-refractivity contribution < 1.29 is 24.2 Å². The lowest BCUT2D eigenvalue weighted by Gasteiger charge is -2.23. The van der Waals surface area contributed by atoms with Gasteiger partial charge in [-0.05, 0) is 61.4 Å². The normalized spacial score (nSPS) is 16.8. The number of hydrogen-bond acceptors (Lipinski definition) is 7. The van der Waals surface area contributed by atoms with E-state index in [1.54, 1.807) is 48.5 Å². The molecular formula is C29H25ClN2O5S. The standard InChI is InChI=1S/C29H25ClN2O5S/c1-3-13-37-20-10-6-8-18(15-20)26(33)24-25(17-7-5-9-19(30)14-17)32(28(35)27(24)34)29-31-22-12-11-21(36-4-2)16-23(22)38-29/h5-12,14-16,25,33H,3-4,13H2,1-2H3. The molecule has 4 aromatic rings. The van der Waals surface area contributed by atoms with Crippen molar-refractivity contribution in [1.29, 1.82) is 0 Å². The number of carbonyl (C=O) groups is 2. The summed E-state index contributed by atoms with van der Waals surface area (Å²) in [5, 5.41) is 12.2. The maximum atomic E-state index is 13.5. The second-order valence-corrected chi connectivity index (χ2v) is 10.1. The Morgan fingerprint density at radius 3 is 2.58 bits per heavy atom. The second kappa shape index (κ2) is 10.8. The highest BCUT2D eigenvalue weighted by Crippen LogP contribution is 2.45. The van der Waals surface area contributed by atoms with Gasteiger partial charge in [0.1, 0.15) is 17.3 Å². The van der Waals surface area contributed by atoms with Crippen molar-refractivity contribution in [3.63, 3.8) is 0 Å². The van der Waals surface area contributed by atoms with E-state index in [4.69, 9.17) is 21.1 Å². The van der Waals surface area contributed by atoms with Gasteiger partial charge in [-0.25, -0.2) is 4.98 Å². The number of aliphatic hydroxyl groups excluding tert-OH is 1. The number of thiazole rings is 1. The summed E-state index contributed by atoms with van der Waals surface area (Å²) in [7, 11) is 0. The number of rotatable bonds is 8. The monoisotopic (exact) mass is 548 g/mol. The molecule has 0 spiro atoms. The lowest BCUT2D eigenvalue weighted by atomic mass is 9.95. The van der Waals surface area contributed by atoms with Crippen LogP contribution in [0.3, 0.4) is 0 Å². The van der Waals surface area contributed by atoms with Gasteiger partial charge in [0.25, 0.3) is 5.78 Å². The second-order valence-electron chi connectivity index (χ2n) is 8.66. The van der Waals surface area contributed by atoms with Crippen LogP contribution in [-0.2, 0) is 9.59 Å². The van der Waals surface area contributed by atoms with Gasteiger partial charge in [-0.2, -0.15) is 0 Å². The van der Waals surface area contributed by atoms with Gasteiger partial charge in [-0.3, -0.25) is 14.5 Å². The smallest absolute Gasteiger partial charge is 0.301 e. The molecule has 1 aromatic heterocycles. The van der Waals surface area contributed by atoms with Crippen LogP contribution >= 0.6 is 22.9 Å². The van der Waals surface area contributed by atoms with Crippen LogP contribution in [0.4, 0.5) is 5.13 Å². The number of anilines is 1. The van der Waals surface area contributed by atoms with Crippen molar-refractivity contribution in [2.24, 2.45) is 0 Å². The van der Waals surface area contributed by atoms with Gasteiger partial charge in [-0.1, -0.05) is 54.1 Å². The van der Waals surface area contributed by atoms with Crippen LogP contribution < -0.4 is 14.4 Å². The van der Waals surface area contributed by atoms with E-state index in [-0.39, 0.29) is 11.3 Å². The predicted molar refractivity (Wildman–Crippen MR) is 149 cm³/mol. The average Bonchev–Trinajstić information content (AvgIpc) is 3.45. The first-order valence-electron chi connectivity index (χ1n) is 12.2. The first-order chi connectivity index (χ1) is 18.4. The van der Waals surface area contributed by atoms with Gasteiger partial charge in [0.05, 0.1) is 35.0 Å². The van der Waals surface area contributed by atoms with E-state index in [2.05, 4.69) is 4.98 Å². The molecule has 9 heteroatoms. The minimum absolute atomic E-state index is 0.0424. The minimum atomic E-state index is -0.930. The Labute approximate surface area is 228 Å². The van der Waals surface area contributed by atoms with E-state index in [0.717, 1.165) is 11.1 Å². The van der Waals surface area contributed by atoms with Gasteiger partial charge in [0, 0.05) is 10.6 Å². The van der Waals surface area contributed by atoms with E-state index in [0.29, 0.717) is 51.5 Å². The molecule has 0 saturated carbocycles. The Kier molecular flexibility index (Phi) is 7.35. The topological polar surface area (TPSA) is 89.0 Å². The fourth-order valence-electron chi connectivity index (χ4n) is 4.38. The number of Topliss-reactive ketones (excluding diaryl/α,β-unsaturated/α-hetero) is 1. The number of fused-ring (bicyclic) bond motifs is 1. The van der Waals surface area contributed by atoms with E-state index in [1.165, 1.54) is 16.2 Å². The number of amides is 1. The first kappa shape index (κ1) is 25.8. The van der Waals surface area contributed by atoms with E-state index in [1.807, 2.05) is 32.0 Å². The fraction of sp³-hybridized carbons (Fsp3) is 0.207. The van der Waals surface area contributed by atoms with Gasteiger partial charge >= 0.3 is 5.91 Å². The summed E-state index contributed by atoms with van der Waals surface area (Å²) in [6.45, 7) is 4.93. The molecule has 1 amide bonds. The van der Waals surface area contributed by atoms with Crippen LogP contribution in [0, 0.1) is 0 Å². The number of ether oxygens (including phenoxy) is 2. The quantitative estimate of drug-likeness (QED) is 0.149. The van der Waals surface area contributed by atoms with Crippen LogP contribution in [-0.4, -0.2) is 35.0 Å². The van der Waals surface area contributed by atoms with Gasteiger partial charge in [0.15, 0.2) is 5.13 Å². The molecule has 0 aliphatic carbocycles. The van der Waals surface area contributed by atoms with Gasteiger partial charge in [-0.15, -0.1) is 0 Å². The van der Waals surface area contributed by atoms with Crippen molar-refractivity contribution in [3.8, 4) is 11.5 Å². The molecule has 194 valence electrons. The van der Waals surface area contributed by atoms with Crippen LogP contribution in [0.1, 0.15) is 37.4 Å². The highest BCUT2D eigenvalue weighted by molar-refractivity contribution is 7.22. The number of benzene rings is 3. The third kappa shape index (κ3) is 4.85. The number of aliphatic hydroxyl groups is 1. The van der Waals surface area contributed by atoms with Crippen LogP contribution in [0.2, 0.25) is 5.02 Å². The zero-order valence-electron chi connectivity index (χ0n) is 20.8. The highest BCUT2D eigenvalue weighted by Gasteiger charge is 2.48. The van der Waals surface area contributed by atoms with Crippen LogP contribution in [0.15, 0.2) is 72.3 Å². The maximum absolute atomic E-state index is 13.5. The number of carbonyl (C=O) groups excluding carboxylic acids is 2. The molecule has 1 N–H and O–H groups in total. The molecule has 3 aromatic carbocycles. The predicted octanol–water partition coefficient (Wildman–Crippen LogP) is 6.76. The SMILES string of the molecule is CCCOc1cccc(C(O)=C2C(=O)C(=O)N(c3nc4ccc(OCC)cc4s3)C2c2cccc(Cl)c2)c1. The van der Waals surface area contributed by atoms with E-state index in [9.17, 15) is 14.7 Å². The first-order valence-corrected chi connectivity index (χ1v) is 13.4. The Bertz CT molecular complexity index is 1560. The summed E-state index contributed by atoms with van der Waals surface area (Å²) < 4.78 is 12.1. The maximum Gasteiger partial charge on any atom is 0.301 e. The zero-order valence-corrected chi connectivity index (χ0v) is 22.4. The minimum Gasteiger partial charge on any atom is -0.507 e. The van der Waals surface area contributed by atoms with Gasteiger partial charge < -0.3 is 14.6 Å². The third-order valence-corrected chi connectivity index (χ3v) is 7.31. The number of nitrogens with zero attached hydrogens (tertiary/aromatic N) is 2. The largest absolute Gasteiger partial charge is 0.507 e. The van der Waals surface area contributed by atoms with Crippen molar-refractivity contribution in [2.75, 3.05) is 18.1 Å². The molecule has 1 aliphatic rings. The number of aromatic nitrogens is 1. The van der Waals surface area contributed by atoms with Crippen LogP contribution in [0.5, 0.6) is 11.5 Å². The highest BCUT2D eigenvalue weighted by atomic mass is 35.5. The number of ketones is 1. The molecule has 0 bridgehead atoms. The number of hydrogen-bond donors (Lipinski definition) is 1. The summed E-state index contributed by atoms with van der Waals surface area (Å²) in [4.78, 5) is 32.9. The summed E-state index contributed by atoms with van der Waals surface area (Å²) in [5.74, 6) is -0.632. The Balaban J connectivity index is 1.66. The molecule has 38 heavy (non-hydrogen) atoms. The Hall–Kier alpha value is -3.88. The lowest BCUT2D eigenvalue weighted by Crippen LogP contribution is -2.29. The lowest BCUT2D eigenvalue weighted by molar-refractivity contribution is -0.132. The molecule has 1 saturated heterocycles. The third-order valence-electron chi connectivity index (χ3n) is 6.05. The Morgan fingerprint density at radius 1 is 1.03 bits per heavy atom. The molecule has 1 atom stereocenters. The van der Waals surface area contributed by atoms with Crippen LogP contribution in [0.25, 0.3) is 16.0 Å². The van der Waals surface area contributed by atoms with Gasteiger partial charge in [0.2, 0.25) is 0 Å². The molecule has 5 rings (SSSR count). The van der Waals surface area contributed by atoms with Crippen molar-refractivity contribution in [1.82, 2.24) is 4.98 Å². The summed E-state index contributed by atoms with van der Waals surface area (Å²) in [6, 6.07) is 18.3. The molecule has 7 nitrogen and oxygen atoms in total. The average molecular weight is 549 g/mol. The fourth-order valence-corrected chi connectivity index (χ4v) is 5.60. The van der Waals surface area contributed by atoms with Crippen molar-refractivity contribution in [3.05, 3.63) is 88.5 Å². The Morgan fingerprint density at radius 2 is 1.82 bits per heavy atom. The molecule has 2 heterocycles. The molecule has 0 radical (unpaired) electrons. The molecule has 1 unspecified atom stereocenters. The van der Waals surface area contributed by atoms with E-state index >= 15 is 0 Å². The summed E-state index contributed by atoms with van der Waals surface area (Å²) in [5.41, 5.74) is 1.57. The summed E-state index contributed by atoms with van der Waals surface area (Å²) in [6.07, 6.45) is 0.824. The number of halogens is 1. The zero-order chi connectivity index (χ0) is 26.8. The molecular weight excluding hydrogens is 524 g/mol. The molecule has 1 fully saturated rings. The summed E-state index contributed by atoms with van der Waals surface area (Å²) >= 11 is 7.57. The molecule has 1 aliphatic heterocycles. The van der Waals surface area contributed by atoms with Crippen molar-refractivity contribution in [2.45, 2.75) is 26.3 Å². The van der Waals surface area contributed by atoms with E-state index < -0.39 is 17.7 Å². The van der Waals surface area contributed by atoms with Crippen molar-refractivity contribution >= 4 is 55.7 Å².